The number of likely N-dealkylation sites (tertiary alicyclic amines) is 1. The Hall–Kier alpha value is -2.08. The van der Waals surface area contributed by atoms with Crippen LogP contribution in [0.3, 0.4) is 0 Å². The third kappa shape index (κ3) is 2.58. The number of likely N-dealkylation sites (N-methyl/N-ethyl adjacent to an activating group) is 1. The minimum absolute atomic E-state index is 0.169. The van der Waals surface area contributed by atoms with Gasteiger partial charge in [0.25, 0.3) is 0 Å². The average molecular weight is 290 g/mol. The van der Waals surface area contributed by atoms with E-state index in [1.807, 2.05) is 7.05 Å². The molecule has 21 heavy (non-hydrogen) atoms. The van der Waals surface area contributed by atoms with E-state index in [1.165, 1.54) is 17.0 Å². The molecule has 3 rings (SSSR count). The van der Waals surface area contributed by atoms with E-state index in [4.69, 9.17) is 9.84 Å². The first-order valence-corrected chi connectivity index (χ1v) is 7.02. The Morgan fingerprint density at radius 2 is 2.19 bits per heavy atom. The minimum Gasteiger partial charge on any atom is -0.478 e. The van der Waals surface area contributed by atoms with Crippen LogP contribution in [0.1, 0.15) is 23.2 Å². The number of benzene rings is 1. The summed E-state index contributed by atoms with van der Waals surface area (Å²) in [6.45, 7) is 2.20. The van der Waals surface area contributed by atoms with Crippen LogP contribution < -0.4 is 4.90 Å². The van der Waals surface area contributed by atoms with Gasteiger partial charge in [0.1, 0.15) is 5.60 Å². The van der Waals surface area contributed by atoms with Gasteiger partial charge in [-0.25, -0.2) is 9.59 Å². The second-order valence-corrected chi connectivity index (χ2v) is 5.83. The molecule has 2 aliphatic rings. The van der Waals surface area contributed by atoms with E-state index in [2.05, 4.69) is 4.90 Å². The third-order valence-corrected chi connectivity index (χ3v) is 4.11. The van der Waals surface area contributed by atoms with Crippen LogP contribution in [-0.4, -0.2) is 54.4 Å². The zero-order valence-electron chi connectivity index (χ0n) is 11.9. The van der Waals surface area contributed by atoms with Gasteiger partial charge in [-0.15, -0.1) is 0 Å². The molecule has 1 atom stereocenters. The predicted octanol–water partition coefficient (Wildman–Crippen LogP) is 1.81. The van der Waals surface area contributed by atoms with E-state index in [-0.39, 0.29) is 5.56 Å². The van der Waals surface area contributed by atoms with Crippen molar-refractivity contribution in [3.8, 4) is 0 Å². The van der Waals surface area contributed by atoms with Gasteiger partial charge in [-0.2, -0.15) is 0 Å². The monoisotopic (exact) mass is 290 g/mol. The summed E-state index contributed by atoms with van der Waals surface area (Å²) in [6, 6.07) is 6.40. The Morgan fingerprint density at radius 3 is 2.90 bits per heavy atom. The van der Waals surface area contributed by atoms with Crippen molar-refractivity contribution in [1.29, 1.82) is 0 Å². The lowest BCUT2D eigenvalue weighted by Crippen LogP contribution is -2.49. The molecule has 1 unspecified atom stereocenters. The van der Waals surface area contributed by atoms with Crippen molar-refractivity contribution in [2.75, 3.05) is 31.6 Å². The number of carboxylic acids is 1. The number of nitrogens with zero attached hydrogens (tertiary/aromatic N) is 2. The fraction of sp³-hybridized carbons (Fsp3) is 0.467. The van der Waals surface area contributed by atoms with Crippen LogP contribution in [0.2, 0.25) is 0 Å². The van der Waals surface area contributed by atoms with Gasteiger partial charge in [-0.3, -0.25) is 4.90 Å². The summed E-state index contributed by atoms with van der Waals surface area (Å²) >= 11 is 0. The smallest absolute Gasteiger partial charge is 0.415 e. The Labute approximate surface area is 122 Å². The maximum Gasteiger partial charge on any atom is 0.415 e. The highest BCUT2D eigenvalue weighted by Gasteiger charge is 2.47. The summed E-state index contributed by atoms with van der Waals surface area (Å²) < 4.78 is 5.63. The number of anilines is 1. The average Bonchev–Trinajstić information content (AvgIpc) is 2.75. The molecule has 0 aliphatic carbocycles. The Bertz CT molecular complexity index is 589. The van der Waals surface area contributed by atoms with Crippen LogP contribution in [-0.2, 0) is 4.74 Å². The van der Waals surface area contributed by atoms with Gasteiger partial charge in [-0.1, -0.05) is 6.07 Å². The molecule has 2 saturated heterocycles. The zero-order valence-corrected chi connectivity index (χ0v) is 11.9. The molecule has 112 valence electrons. The lowest BCUT2D eigenvalue weighted by atomic mass is 9.93. The number of hydrogen-bond acceptors (Lipinski definition) is 4. The van der Waals surface area contributed by atoms with E-state index in [0.717, 1.165) is 19.4 Å². The molecular weight excluding hydrogens is 272 g/mol. The molecule has 1 aromatic rings. The molecule has 1 amide bonds. The number of rotatable bonds is 2. The van der Waals surface area contributed by atoms with Crippen LogP contribution in [0.15, 0.2) is 24.3 Å². The zero-order chi connectivity index (χ0) is 15.0. The fourth-order valence-electron chi connectivity index (χ4n) is 3.16. The summed E-state index contributed by atoms with van der Waals surface area (Å²) in [6.07, 6.45) is 1.44. The normalized spacial score (nSPS) is 26.1. The molecule has 6 nitrogen and oxygen atoms in total. The molecule has 1 N–H and O–H groups in total. The highest BCUT2D eigenvalue weighted by atomic mass is 16.6. The van der Waals surface area contributed by atoms with E-state index < -0.39 is 17.7 Å². The maximum absolute atomic E-state index is 12.2. The number of carbonyl (C=O) groups is 2. The summed E-state index contributed by atoms with van der Waals surface area (Å²) in [5.41, 5.74) is 0.274. The van der Waals surface area contributed by atoms with Crippen molar-refractivity contribution in [1.82, 2.24) is 4.90 Å². The van der Waals surface area contributed by atoms with Crippen molar-refractivity contribution in [3.05, 3.63) is 29.8 Å². The Kier molecular flexibility index (Phi) is 3.33. The van der Waals surface area contributed by atoms with Crippen LogP contribution in [0.4, 0.5) is 10.5 Å². The molecule has 1 spiro atoms. The highest BCUT2D eigenvalue weighted by Crippen LogP contribution is 2.34. The van der Waals surface area contributed by atoms with E-state index in [9.17, 15) is 9.59 Å². The van der Waals surface area contributed by atoms with Gasteiger partial charge in [0.15, 0.2) is 0 Å². The van der Waals surface area contributed by atoms with Gasteiger partial charge in [0, 0.05) is 12.2 Å². The Morgan fingerprint density at radius 1 is 1.38 bits per heavy atom. The van der Waals surface area contributed by atoms with Crippen LogP contribution in [0.25, 0.3) is 0 Å². The fourth-order valence-corrected chi connectivity index (χ4v) is 3.16. The van der Waals surface area contributed by atoms with Gasteiger partial charge >= 0.3 is 12.1 Å². The largest absolute Gasteiger partial charge is 0.478 e. The number of piperidine rings is 1. The maximum atomic E-state index is 12.2. The molecule has 0 saturated carbocycles. The molecular formula is C15H18N2O4. The number of amides is 1. The van der Waals surface area contributed by atoms with Crippen LogP contribution in [0.5, 0.6) is 0 Å². The first-order chi connectivity index (χ1) is 9.99. The number of carbonyl (C=O) groups excluding carboxylic acids is 1. The standard InChI is InChI=1S/C15H18N2O4/c1-16-7-3-6-15(9-16)10-17(14(20)21-15)12-5-2-4-11(8-12)13(18)19/h2,4-5,8H,3,6-7,9-10H2,1H3,(H,18,19). The van der Waals surface area contributed by atoms with Crippen molar-refractivity contribution in [2.24, 2.45) is 0 Å². The van der Waals surface area contributed by atoms with Gasteiger partial charge in [0.2, 0.25) is 0 Å². The van der Waals surface area contributed by atoms with Gasteiger partial charge in [0.05, 0.1) is 12.1 Å². The summed E-state index contributed by atoms with van der Waals surface area (Å²) in [5.74, 6) is -1.00. The molecule has 2 aliphatic heterocycles. The number of carboxylic acid groups (broad SMARTS) is 1. The molecule has 2 fully saturated rings. The third-order valence-electron chi connectivity index (χ3n) is 4.11. The Balaban J connectivity index is 1.85. The second-order valence-electron chi connectivity index (χ2n) is 5.83. The summed E-state index contributed by atoms with van der Waals surface area (Å²) in [5, 5.41) is 9.05. The SMILES string of the molecule is CN1CCCC2(C1)CN(c1cccc(C(=O)O)c1)C(=O)O2. The number of hydrogen-bond donors (Lipinski definition) is 1. The molecule has 0 bridgehead atoms. The highest BCUT2D eigenvalue weighted by molar-refractivity contribution is 5.94. The molecule has 0 radical (unpaired) electrons. The van der Waals surface area contributed by atoms with Gasteiger partial charge in [-0.05, 0) is 44.6 Å². The molecule has 1 aromatic carbocycles. The molecule has 0 aromatic heterocycles. The topological polar surface area (TPSA) is 70.1 Å². The number of ether oxygens (including phenoxy) is 1. The van der Waals surface area contributed by atoms with Crippen molar-refractivity contribution in [2.45, 2.75) is 18.4 Å². The second kappa shape index (κ2) is 5.04. The van der Waals surface area contributed by atoms with E-state index >= 15 is 0 Å². The summed E-state index contributed by atoms with van der Waals surface area (Å²) in [4.78, 5) is 26.9. The first-order valence-electron chi connectivity index (χ1n) is 7.02. The summed E-state index contributed by atoms with van der Waals surface area (Å²) in [7, 11) is 2.02. The van der Waals surface area contributed by atoms with E-state index in [1.54, 1.807) is 12.1 Å². The van der Waals surface area contributed by atoms with Crippen LogP contribution >= 0.6 is 0 Å². The lowest BCUT2D eigenvalue weighted by molar-refractivity contribution is -0.000393. The quantitative estimate of drug-likeness (QED) is 0.899. The molecule has 2 heterocycles. The predicted molar refractivity (Wildman–Crippen MR) is 76.7 cm³/mol. The van der Waals surface area contributed by atoms with E-state index in [0.29, 0.717) is 18.8 Å². The van der Waals surface area contributed by atoms with Gasteiger partial charge < -0.3 is 14.7 Å². The van der Waals surface area contributed by atoms with Crippen molar-refractivity contribution < 1.29 is 19.4 Å². The van der Waals surface area contributed by atoms with Crippen LogP contribution in [0, 0.1) is 0 Å². The minimum atomic E-state index is -1.00. The number of aromatic carboxylic acids is 1. The molecule has 6 heteroatoms. The van der Waals surface area contributed by atoms with Crippen molar-refractivity contribution in [3.63, 3.8) is 0 Å². The van der Waals surface area contributed by atoms with Crippen molar-refractivity contribution >= 4 is 17.7 Å². The first kappa shape index (κ1) is 13.9. The lowest BCUT2D eigenvalue weighted by Gasteiger charge is -2.36.